The Balaban J connectivity index is 1.16. The number of hydrogen-bond donors (Lipinski definition) is 3. The van der Waals surface area contributed by atoms with Gasteiger partial charge in [0.1, 0.15) is 11.5 Å². The van der Waals surface area contributed by atoms with Gasteiger partial charge in [0.05, 0.1) is 18.9 Å². The van der Waals surface area contributed by atoms with Crippen molar-refractivity contribution >= 4 is 34.4 Å². The van der Waals surface area contributed by atoms with Crippen LogP contribution in [0.5, 0.6) is 0 Å². The van der Waals surface area contributed by atoms with Crippen LogP contribution in [0.2, 0.25) is 0 Å². The molecule has 4 aromatic rings. The molecule has 10 heteroatoms. The number of aliphatic carboxylic acids is 1. The summed E-state index contributed by atoms with van der Waals surface area (Å²) in [5.41, 5.74) is 5.33. The van der Waals surface area contributed by atoms with E-state index in [0.29, 0.717) is 0 Å². The van der Waals surface area contributed by atoms with Gasteiger partial charge in [0, 0.05) is 5.92 Å². The summed E-state index contributed by atoms with van der Waals surface area (Å²) in [7, 11) is 0. The second kappa shape index (κ2) is 12.1. The van der Waals surface area contributed by atoms with Crippen LogP contribution in [-0.4, -0.2) is 46.8 Å². The first kappa shape index (κ1) is 27.0. The molecule has 9 nitrogen and oxygen atoms in total. The Labute approximate surface area is 234 Å². The van der Waals surface area contributed by atoms with Crippen molar-refractivity contribution in [2.45, 2.75) is 31.6 Å². The Bertz CT molecular complexity index is 1480. The van der Waals surface area contributed by atoms with Crippen LogP contribution in [0, 0.1) is 0 Å². The molecule has 0 aliphatic heterocycles. The minimum atomic E-state index is -1.28. The van der Waals surface area contributed by atoms with Crippen LogP contribution >= 0.6 is 11.3 Å². The highest BCUT2D eigenvalue weighted by atomic mass is 32.1. The van der Waals surface area contributed by atoms with E-state index in [9.17, 15) is 19.5 Å². The molecule has 1 aliphatic rings. The molecule has 0 saturated heterocycles. The number of carbonyl (C=O) groups excluding carboxylic acids is 2. The molecule has 204 valence electrons. The molecular weight excluding hydrogens is 530 g/mol. The summed E-state index contributed by atoms with van der Waals surface area (Å²) >= 11 is 0.911. The van der Waals surface area contributed by atoms with Crippen LogP contribution in [0.25, 0.3) is 11.1 Å². The topological polar surface area (TPSA) is 127 Å². The number of nitrogens with one attached hydrogen (secondary N) is 2. The minimum Gasteiger partial charge on any atom is -0.480 e. The van der Waals surface area contributed by atoms with Crippen molar-refractivity contribution in [3.8, 4) is 11.1 Å². The van der Waals surface area contributed by atoms with E-state index in [1.54, 1.807) is 6.92 Å². The normalized spacial score (nSPS) is 13.5. The van der Waals surface area contributed by atoms with Crippen molar-refractivity contribution in [3.63, 3.8) is 0 Å². The second-order valence-electron chi connectivity index (χ2n) is 9.27. The quantitative estimate of drug-likeness (QED) is 0.242. The van der Waals surface area contributed by atoms with Crippen LogP contribution in [0.15, 0.2) is 85.1 Å². The molecule has 2 atom stereocenters. The lowest BCUT2D eigenvalue weighted by molar-refractivity contribution is -0.143. The average Bonchev–Trinajstić information content (AvgIpc) is 3.56. The zero-order valence-electron chi connectivity index (χ0n) is 21.6. The summed E-state index contributed by atoms with van der Waals surface area (Å²) in [6.07, 6.45) is -0.226. The van der Waals surface area contributed by atoms with Gasteiger partial charge in [-0.25, -0.2) is 14.6 Å². The molecule has 5 rings (SSSR count). The summed E-state index contributed by atoms with van der Waals surface area (Å²) < 4.78 is 11.2. The molecule has 0 saturated carbocycles. The zero-order valence-corrected chi connectivity index (χ0v) is 22.4. The highest BCUT2D eigenvalue weighted by Crippen LogP contribution is 2.44. The lowest BCUT2D eigenvalue weighted by atomic mass is 9.98. The maximum atomic E-state index is 12.8. The van der Waals surface area contributed by atoms with E-state index in [1.165, 1.54) is 6.20 Å². The third-order valence-electron chi connectivity index (χ3n) is 6.66. The summed E-state index contributed by atoms with van der Waals surface area (Å²) in [5.74, 6) is -1.95. The van der Waals surface area contributed by atoms with Crippen molar-refractivity contribution < 1.29 is 29.0 Å². The minimum absolute atomic E-state index is 0.0881. The largest absolute Gasteiger partial charge is 0.480 e. The molecule has 0 spiro atoms. The van der Waals surface area contributed by atoms with E-state index in [2.05, 4.69) is 27.8 Å². The van der Waals surface area contributed by atoms with Crippen molar-refractivity contribution in [1.82, 2.24) is 10.3 Å². The number of anilines is 1. The SMILES string of the molecule is C[C@H](OCc1ccccc1)[C@@H](NC(=O)c1cnc(NC(=O)OCC2c3ccccc3-c3ccccc32)s1)C(=O)O. The number of carbonyl (C=O) groups is 3. The van der Waals surface area contributed by atoms with E-state index in [4.69, 9.17) is 9.47 Å². The van der Waals surface area contributed by atoms with E-state index in [-0.39, 0.29) is 29.1 Å². The second-order valence-corrected chi connectivity index (χ2v) is 10.3. The number of carboxylic acids is 1. The zero-order chi connectivity index (χ0) is 28.1. The summed E-state index contributed by atoms with van der Waals surface area (Å²) in [6, 6.07) is 24.1. The van der Waals surface area contributed by atoms with E-state index < -0.39 is 30.1 Å². The van der Waals surface area contributed by atoms with Gasteiger partial charge in [-0.15, -0.1) is 0 Å². The van der Waals surface area contributed by atoms with Gasteiger partial charge in [-0.2, -0.15) is 0 Å². The molecule has 0 unspecified atom stereocenters. The monoisotopic (exact) mass is 557 g/mol. The Morgan fingerprint density at radius 3 is 2.23 bits per heavy atom. The fourth-order valence-corrected chi connectivity index (χ4v) is 5.35. The maximum absolute atomic E-state index is 12.8. The van der Waals surface area contributed by atoms with Crippen molar-refractivity contribution in [2.24, 2.45) is 0 Å². The van der Waals surface area contributed by atoms with Gasteiger partial charge < -0.3 is 19.9 Å². The lowest BCUT2D eigenvalue weighted by Gasteiger charge is -2.21. The average molecular weight is 558 g/mol. The number of thiazole rings is 1. The van der Waals surface area contributed by atoms with Crippen LogP contribution < -0.4 is 10.6 Å². The molecule has 2 amide bonds. The molecule has 3 N–H and O–H groups in total. The molecule has 0 fully saturated rings. The van der Waals surface area contributed by atoms with Crippen LogP contribution in [0.3, 0.4) is 0 Å². The molecule has 1 heterocycles. The molecule has 40 heavy (non-hydrogen) atoms. The van der Waals surface area contributed by atoms with Gasteiger partial charge in [0.15, 0.2) is 11.2 Å². The molecule has 3 aromatic carbocycles. The number of fused-ring (bicyclic) bond motifs is 3. The Morgan fingerprint density at radius 2 is 1.57 bits per heavy atom. The maximum Gasteiger partial charge on any atom is 0.413 e. The van der Waals surface area contributed by atoms with Crippen molar-refractivity contribution in [2.75, 3.05) is 11.9 Å². The van der Waals surface area contributed by atoms with E-state index in [0.717, 1.165) is 39.2 Å². The molecule has 0 bridgehead atoms. The number of aromatic nitrogens is 1. The van der Waals surface area contributed by atoms with Crippen molar-refractivity contribution in [1.29, 1.82) is 0 Å². The summed E-state index contributed by atoms with van der Waals surface area (Å²) in [6.45, 7) is 1.93. The number of benzene rings is 3. The number of nitrogens with zero attached hydrogens (tertiary/aromatic N) is 1. The number of rotatable bonds is 10. The first-order valence-electron chi connectivity index (χ1n) is 12.7. The van der Waals surface area contributed by atoms with E-state index in [1.807, 2.05) is 66.7 Å². The molecule has 0 radical (unpaired) electrons. The number of hydrogen-bond acceptors (Lipinski definition) is 7. The Hall–Kier alpha value is -4.54. The van der Waals surface area contributed by atoms with Gasteiger partial charge in [0.2, 0.25) is 0 Å². The fourth-order valence-electron chi connectivity index (χ4n) is 4.65. The van der Waals surface area contributed by atoms with E-state index >= 15 is 0 Å². The number of carboxylic acid groups (broad SMARTS) is 1. The lowest BCUT2D eigenvalue weighted by Crippen LogP contribution is -2.48. The van der Waals surface area contributed by atoms with Gasteiger partial charge in [-0.1, -0.05) is 90.2 Å². The van der Waals surface area contributed by atoms with Crippen molar-refractivity contribution in [3.05, 3.63) is 107 Å². The van der Waals surface area contributed by atoms with Crippen LogP contribution in [0.1, 0.15) is 39.2 Å². The smallest absolute Gasteiger partial charge is 0.413 e. The number of amides is 2. The fraction of sp³-hybridized carbons (Fsp3) is 0.200. The Kier molecular flexibility index (Phi) is 8.18. The Morgan fingerprint density at radius 1 is 0.950 bits per heavy atom. The number of ether oxygens (including phenoxy) is 2. The summed E-state index contributed by atoms with van der Waals surface area (Å²) in [5, 5.41) is 14.8. The van der Waals surface area contributed by atoms with Crippen LogP contribution in [-0.2, 0) is 20.9 Å². The standard InChI is InChI=1S/C30H27N3O6S/c1-18(38-16-19-9-3-2-4-10-19)26(28(35)36)32-27(34)25-15-31-29(40-25)33-30(37)39-17-24-22-13-7-5-11-20(22)21-12-6-8-14-23(21)24/h2-15,18,24,26H,16-17H2,1H3,(H,32,34)(H,35,36)(H,31,33,37)/t18-,26+/m0/s1. The molecular formula is C30H27N3O6S. The van der Waals surface area contributed by atoms with Gasteiger partial charge >= 0.3 is 12.1 Å². The van der Waals surface area contributed by atoms with Gasteiger partial charge in [-0.3, -0.25) is 10.1 Å². The highest BCUT2D eigenvalue weighted by molar-refractivity contribution is 7.17. The predicted molar refractivity (Wildman–Crippen MR) is 150 cm³/mol. The first-order valence-corrected chi connectivity index (χ1v) is 13.5. The highest BCUT2D eigenvalue weighted by Gasteiger charge is 2.30. The molecule has 1 aromatic heterocycles. The first-order chi connectivity index (χ1) is 19.4. The third-order valence-corrected chi connectivity index (χ3v) is 7.57. The van der Waals surface area contributed by atoms with Gasteiger partial charge in [0.25, 0.3) is 5.91 Å². The van der Waals surface area contributed by atoms with Crippen LogP contribution in [0.4, 0.5) is 9.93 Å². The molecule has 1 aliphatic carbocycles. The summed E-state index contributed by atoms with van der Waals surface area (Å²) in [4.78, 5) is 41.4. The third kappa shape index (κ3) is 6.03. The predicted octanol–water partition coefficient (Wildman–Crippen LogP) is 5.29. The van der Waals surface area contributed by atoms with Gasteiger partial charge in [-0.05, 0) is 34.7 Å².